The zero-order valence-corrected chi connectivity index (χ0v) is 16.6. The highest BCUT2D eigenvalue weighted by molar-refractivity contribution is 7.91. The molecule has 2 N–H and O–H groups in total. The number of nitrogens with one attached hydrogen (secondary N) is 2. The van der Waals surface area contributed by atoms with E-state index in [1.165, 1.54) is 0 Å². The predicted molar refractivity (Wildman–Crippen MR) is 104 cm³/mol. The third kappa shape index (κ3) is 4.20. The molecular weight excluding hydrogens is 362 g/mol. The molecule has 6 nitrogen and oxygen atoms in total. The van der Waals surface area contributed by atoms with Gasteiger partial charge in [0, 0.05) is 19.3 Å². The topological polar surface area (TPSA) is 88.2 Å². The number of pyridine rings is 1. The van der Waals surface area contributed by atoms with Crippen molar-refractivity contribution in [2.45, 2.75) is 44.8 Å². The molecule has 0 saturated carbocycles. The molecule has 0 aliphatic carbocycles. The molecule has 0 radical (unpaired) electrons. The zero-order chi connectivity index (χ0) is 19.6. The summed E-state index contributed by atoms with van der Waals surface area (Å²) in [5, 5.41) is 6.29. The molecule has 1 aliphatic heterocycles. The maximum atomic E-state index is 12.4. The van der Waals surface area contributed by atoms with E-state index in [2.05, 4.69) is 29.5 Å². The van der Waals surface area contributed by atoms with Crippen molar-refractivity contribution in [2.75, 3.05) is 5.75 Å². The molecule has 0 saturated heterocycles. The van der Waals surface area contributed by atoms with Crippen LogP contribution in [0, 0.1) is 5.92 Å². The van der Waals surface area contributed by atoms with Gasteiger partial charge in [-0.1, -0.05) is 32.9 Å². The van der Waals surface area contributed by atoms with E-state index in [0.29, 0.717) is 22.9 Å². The fraction of sp³-hybridized carbons (Fsp3) is 0.400. The molecule has 7 heteroatoms. The molecule has 3 rings (SSSR count). The standard InChI is InChI=1S/C20H25N3O3S/c1-4-27(25,26)17-7-5-14(6-8-17)10-23-20(24)16-9-15-11-21-18(13(2)3)19(15)22-12-16/h5-9,12-13,18,21H,4,10-11H2,1-3H3,(H,23,24)/t18-/m0/s1. The van der Waals surface area contributed by atoms with Crippen LogP contribution in [0.2, 0.25) is 0 Å². The molecule has 0 fully saturated rings. The lowest BCUT2D eigenvalue weighted by atomic mass is 10.0. The van der Waals surface area contributed by atoms with E-state index in [-0.39, 0.29) is 17.7 Å². The number of hydrogen-bond acceptors (Lipinski definition) is 5. The molecule has 1 atom stereocenters. The van der Waals surface area contributed by atoms with Gasteiger partial charge in [-0.15, -0.1) is 0 Å². The van der Waals surface area contributed by atoms with Crippen molar-refractivity contribution in [3.05, 3.63) is 58.9 Å². The second kappa shape index (κ2) is 7.78. The number of nitrogens with zero attached hydrogens (tertiary/aromatic N) is 1. The maximum Gasteiger partial charge on any atom is 0.253 e. The molecule has 27 heavy (non-hydrogen) atoms. The van der Waals surface area contributed by atoms with E-state index < -0.39 is 9.84 Å². The van der Waals surface area contributed by atoms with Crippen LogP contribution < -0.4 is 10.6 Å². The van der Waals surface area contributed by atoms with Gasteiger partial charge in [0.1, 0.15) is 0 Å². The fourth-order valence-corrected chi connectivity index (χ4v) is 4.08. The molecule has 0 bridgehead atoms. The van der Waals surface area contributed by atoms with Gasteiger partial charge in [0.05, 0.1) is 27.9 Å². The van der Waals surface area contributed by atoms with Crippen molar-refractivity contribution in [1.82, 2.24) is 15.6 Å². The second-order valence-corrected chi connectivity index (χ2v) is 9.38. The van der Waals surface area contributed by atoms with Gasteiger partial charge >= 0.3 is 0 Å². The Morgan fingerprint density at radius 1 is 1.30 bits per heavy atom. The van der Waals surface area contributed by atoms with E-state index in [9.17, 15) is 13.2 Å². The monoisotopic (exact) mass is 387 g/mol. The van der Waals surface area contributed by atoms with Crippen LogP contribution in [0.5, 0.6) is 0 Å². The SMILES string of the molecule is CCS(=O)(=O)c1ccc(CNC(=O)c2cnc3c(c2)CN[C@H]3C(C)C)cc1. The normalized spacial score (nSPS) is 16.4. The highest BCUT2D eigenvalue weighted by Crippen LogP contribution is 2.29. The number of carbonyl (C=O) groups excluding carboxylic acids is 1. The molecule has 1 aromatic carbocycles. The van der Waals surface area contributed by atoms with Crippen LogP contribution in [-0.4, -0.2) is 25.1 Å². The number of hydrogen-bond donors (Lipinski definition) is 2. The maximum absolute atomic E-state index is 12.4. The van der Waals surface area contributed by atoms with Gasteiger partial charge in [0.2, 0.25) is 0 Å². The Morgan fingerprint density at radius 2 is 2.00 bits per heavy atom. The summed E-state index contributed by atoms with van der Waals surface area (Å²) in [4.78, 5) is 17.2. The summed E-state index contributed by atoms with van der Waals surface area (Å²) < 4.78 is 23.7. The lowest BCUT2D eigenvalue weighted by Crippen LogP contribution is -2.23. The second-order valence-electron chi connectivity index (χ2n) is 7.10. The average molecular weight is 388 g/mol. The van der Waals surface area contributed by atoms with Crippen molar-refractivity contribution >= 4 is 15.7 Å². The van der Waals surface area contributed by atoms with Gasteiger partial charge in [-0.05, 0) is 35.2 Å². The van der Waals surface area contributed by atoms with Gasteiger partial charge in [0.25, 0.3) is 5.91 Å². The largest absolute Gasteiger partial charge is 0.348 e. The van der Waals surface area contributed by atoms with Crippen LogP contribution in [0.25, 0.3) is 0 Å². The molecule has 0 spiro atoms. The number of sulfone groups is 1. The first-order chi connectivity index (χ1) is 12.8. The highest BCUT2D eigenvalue weighted by Gasteiger charge is 2.26. The van der Waals surface area contributed by atoms with Gasteiger partial charge in [-0.2, -0.15) is 0 Å². The minimum Gasteiger partial charge on any atom is -0.348 e. The smallest absolute Gasteiger partial charge is 0.253 e. The van der Waals surface area contributed by atoms with Crippen LogP contribution in [-0.2, 0) is 22.9 Å². The minimum absolute atomic E-state index is 0.0704. The average Bonchev–Trinajstić information content (AvgIpc) is 3.10. The number of carbonyl (C=O) groups is 1. The number of amides is 1. The zero-order valence-electron chi connectivity index (χ0n) is 15.8. The molecule has 1 aromatic heterocycles. The van der Waals surface area contributed by atoms with Crippen molar-refractivity contribution in [3.8, 4) is 0 Å². The third-order valence-electron chi connectivity index (χ3n) is 4.85. The van der Waals surface area contributed by atoms with E-state index >= 15 is 0 Å². The highest BCUT2D eigenvalue weighted by atomic mass is 32.2. The quantitative estimate of drug-likeness (QED) is 0.795. The fourth-order valence-electron chi connectivity index (χ4n) is 3.20. The van der Waals surface area contributed by atoms with Crippen molar-refractivity contribution in [2.24, 2.45) is 5.92 Å². The van der Waals surface area contributed by atoms with Crippen LogP contribution in [0.3, 0.4) is 0 Å². The molecule has 2 aromatic rings. The van der Waals surface area contributed by atoms with E-state index in [0.717, 1.165) is 23.4 Å². The summed E-state index contributed by atoms with van der Waals surface area (Å²) in [6.45, 7) is 6.96. The van der Waals surface area contributed by atoms with E-state index in [1.807, 2.05) is 6.07 Å². The number of fused-ring (bicyclic) bond motifs is 1. The Hall–Kier alpha value is -2.25. The van der Waals surface area contributed by atoms with Gasteiger partial charge in [-0.3, -0.25) is 9.78 Å². The molecule has 2 heterocycles. The Morgan fingerprint density at radius 3 is 2.63 bits per heavy atom. The van der Waals surface area contributed by atoms with Crippen molar-refractivity contribution < 1.29 is 13.2 Å². The number of aromatic nitrogens is 1. The van der Waals surface area contributed by atoms with Gasteiger partial charge < -0.3 is 10.6 Å². The Balaban J connectivity index is 1.65. The van der Waals surface area contributed by atoms with Crippen LogP contribution in [0.15, 0.2) is 41.4 Å². The summed E-state index contributed by atoms with van der Waals surface area (Å²) in [5.41, 5.74) is 3.46. The first-order valence-electron chi connectivity index (χ1n) is 9.14. The number of benzene rings is 1. The summed E-state index contributed by atoms with van der Waals surface area (Å²) in [6, 6.07) is 8.73. The van der Waals surface area contributed by atoms with Gasteiger partial charge in [0.15, 0.2) is 9.84 Å². The van der Waals surface area contributed by atoms with E-state index in [1.54, 1.807) is 37.4 Å². The van der Waals surface area contributed by atoms with Crippen molar-refractivity contribution in [3.63, 3.8) is 0 Å². The summed E-state index contributed by atoms with van der Waals surface area (Å²) in [7, 11) is -3.21. The van der Waals surface area contributed by atoms with Gasteiger partial charge in [-0.25, -0.2) is 8.42 Å². The molecule has 0 unspecified atom stereocenters. The van der Waals surface area contributed by atoms with Crippen LogP contribution >= 0.6 is 0 Å². The van der Waals surface area contributed by atoms with E-state index in [4.69, 9.17) is 0 Å². The molecular formula is C20H25N3O3S. The Kier molecular flexibility index (Phi) is 5.62. The van der Waals surface area contributed by atoms with Crippen LogP contribution in [0.1, 0.15) is 54.0 Å². The first kappa shape index (κ1) is 19.5. The molecule has 1 aliphatic rings. The molecule has 1 amide bonds. The predicted octanol–water partition coefficient (Wildman–Crippen LogP) is 2.61. The van der Waals surface area contributed by atoms with Crippen LogP contribution in [0.4, 0.5) is 0 Å². The third-order valence-corrected chi connectivity index (χ3v) is 6.60. The lowest BCUT2D eigenvalue weighted by Gasteiger charge is -2.15. The molecule has 144 valence electrons. The Bertz CT molecular complexity index is 937. The minimum atomic E-state index is -3.21. The summed E-state index contributed by atoms with van der Waals surface area (Å²) >= 11 is 0. The summed E-state index contributed by atoms with van der Waals surface area (Å²) in [5.74, 6) is 0.322. The lowest BCUT2D eigenvalue weighted by molar-refractivity contribution is 0.0950. The van der Waals surface area contributed by atoms with Crippen molar-refractivity contribution in [1.29, 1.82) is 0 Å². The number of rotatable bonds is 6. The summed E-state index contributed by atoms with van der Waals surface area (Å²) in [6.07, 6.45) is 1.62. The first-order valence-corrected chi connectivity index (χ1v) is 10.8. The Labute approximate surface area is 160 Å².